The van der Waals surface area contributed by atoms with Crippen LogP contribution >= 0.6 is 11.6 Å². The molecule has 0 fully saturated rings. The lowest BCUT2D eigenvalue weighted by atomic mass is 10.1. The fraction of sp³-hybridized carbons (Fsp3) is 0.357. The Labute approximate surface area is 117 Å². The third-order valence-electron chi connectivity index (χ3n) is 3.34. The summed E-state index contributed by atoms with van der Waals surface area (Å²) >= 11 is 5.98. The van der Waals surface area contributed by atoms with Gasteiger partial charge in [0.05, 0.1) is 6.54 Å². The Balaban J connectivity index is 1.52. The molecule has 1 unspecified atom stereocenters. The summed E-state index contributed by atoms with van der Waals surface area (Å²) in [7, 11) is 1.99. The first-order valence-corrected chi connectivity index (χ1v) is 6.72. The van der Waals surface area contributed by atoms with Gasteiger partial charge < -0.3 is 14.6 Å². The van der Waals surface area contributed by atoms with Crippen LogP contribution < -0.4 is 10.1 Å². The van der Waals surface area contributed by atoms with Crippen molar-refractivity contribution in [3.8, 4) is 5.75 Å². The highest BCUT2D eigenvalue weighted by Crippen LogP contribution is 2.30. The average Bonchev–Trinajstić information content (AvgIpc) is 2.95. The fourth-order valence-electron chi connectivity index (χ4n) is 2.31. The predicted molar refractivity (Wildman–Crippen MR) is 74.5 cm³/mol. The molecule has 0 spiro atoms. The number of ether oxygens (including phenoxy) is 1. The van der Waals surface area contributed by atoms with Crippen molar-refractivity contribution in [3.05, 3.63) is 47.0 Å². The molecule has 1 aliphatic heterocycles. The van der Waals surface area contributed by atoms with Gasteiger partial charge in [0.15, 0.2) is 0 Å². The Kier molecular flexibility index (Phi) is 3.44. The highest BCUT2D eigenvalue weighted by atomic mass is 35.5. The lowest BCUT2D eigenvalue weighted by Gasteiger charge is -2.11. The molecule has 100 valence electrons. The van der Waals surface area contributed by atoms with E-state index >= 15 is 0 Å². The summed E-state index contributed by atoms with van der Waals surface area (Å²) < 4.78 is 7.87. The molecule has 0 aliphatic carbocycles. The Hall–Kier alpha value is -1.52. The van der Waals surface area contributed by atoms with E-state index in [9.17, 15) is 0 Å². The topological polar surface area (TPSA) is 39.1 Å². The van der Waals surface area contributed by atoms with Crippen molar-refractivity contribution in [2.24, 2.45) is 7.05 Å². The average molecular weight is 278 g/mol. The minimum Gasteiger partial charge on any atom is -0.488 e. The number of nitrogens with one attached hydrogen (secondary N) is 1. The molecule has 1 atom stereocenters. The molecule has 0 amide bonds. The van der Waals surface area contributed by atoms with Gasteiger partial charge in [-0.3, -0.25) is 0 Å². The fourth-order valence-corrected chi connectivity index (χ4v) is 2.51. The summed E-state index contributed by atoms with van der Waals surface area (Å²) in [5, 5.41) is 4.15. The van der Waals surface area contributed by atoms with E-state index < -0.39 is 0 Å². The Morgan fingerprint density at radius 2 is 2.42 bits per heavy atom. The molecule has 5 heteroatoms. The highest BCUT2D eigenvalue weighted by Gasteiger charge is 2.22. The Morgan fingerprint density at radius 1 is 1.53 bits per heavy atom. The lowest BCUT2D eigenvalue weighted by Crippen LogP contribution is -2.30. The standard InChI is InChI=1S/C14H16ClN3O/c1-18-5-4-17-14(18)9-16-8-12-7-10-6-11(15)2-3-13(10)19-12/h2-6,12,16H,7-9H2,1H3. The number of hydrogen-bond donors (Lipinski definition) is 1. The molecule has 2 aromatic rings. The molecule has 2 heterocycles. The Morgan fingerprint density at radius 3 is 3.21 bits per heavy atom. The van der Waals surface area contributed by atoms with Crippen molar-refractivity contribution in [1.29, 1.82) is 0 Å². The summed E-state index contributed by atoms with van der Waals surface area (Å²) in [5.74, 6) is 1.98. The number of rotatable bonds is 4. The summed E-state index contributed by atoms with van der Waals surface area (Å²) in [4.78, 5) is 4.27. The summed E-state index contributed by atoms with van der Waals surface area (Å²) in [6.45, 7) is 1.56. The smallest absolute Gasteiger partial charge is 0.123 e. The first-order chi connectivity index (χ1) is 9.22. The maximum atomic E-state index is 5.98. The molecule has 1 aromatic heterocycles. The highest BCUT2D eigenvalue weighted by molar-refractivity contribution is 6.30. The molecule has 0 saturated heterocycles. The first kappa shape index (κ1) is 12.5. The third kappa shape index (κ3) is 2.74. The van der Waals surface area contributed by atoms with Crippen LogP contribution in [0.2, 0.25) is 5.02 Å². The van der Waals surface area contributed by atoms with Gasteiger partial charge in [0.25, 0.3) is 0 Å². The molecule has 3 rings (SSSR count). The van der Waals surface area contributed by atoms with Crippen molar-refractivity contribution < 1.29 is 4.74 Å². The van der Waals surface area contributed by atoms with Gasteiger partial charge in [0.2, 0.25) is 0 Å². The molecule has 1 aliphatic rings. The second kappa shape index (κ2) is 5.23. The van der Waals surface area contributed by atoms with Crippen LogP contribution in [0.1, 0.15) is 11.4 Å². The van der Waals surface area contributed by atoms with Gasteiger partial charge in [-0.2, -0.15) is 0 Å². The number of imidazole rings is 1. The zero-order valence-electron chi connectivity index (χ0n) is 10.8. The summed E-state index contributed by atoms with van der Waals surface area (Å²) in [6, 6.07) is 5.79. The van der Waals surface area contributed by atoms with Crippen LogP contribution in [-0.4, -0.2) is 22.2 Å². The van der Waals surface area contributed by atoms with Crippen molar-refractivity contribution >= 4 is 11.6 Å². The minimum atomic E-state index is 0.175. The lowest BCUT2D eigenvalue weighted by molar-refractivity contribution is 0.226. The van der Waals surface area contributed by atoms with E-state index in [0.717, 1.165) is 36.1 Å². The molecular formula is C14H16ClN3O. The minimum absolute atomic E-state index is 0.175. The van der Waals surface area contributed by atoms with E-state index in [1.54, 1.807) is 6.20 Å². The van der Waals surface area contributed by atoms with Crippen molar-refractivity contribution in [3.63, 3.8) is 0 Å². The van der Waals surface area contributed by atoms with Crippen molar-refractivity contribution in [2.75, 3.05) is 6.54 Å². The molecule has 19 heavy (non-hydrogen) atoms. The molecule has 1 aromatic carbocycles. The van der Waals surface area contributed by atoms with Crippen molar-refractivity contribution in [1.82, 2.24) is 14.9 Å². The van der Waals surface area contributed by atoms with Gasteiger partial charge in [0.1, 0.15) is 17.7 Å². The Bertz CT molecular complexity index is 582. The molecule has 4 nitrogen and oxygen atoms in total. The van der Waals surface area contributed by atoms with Gasteiger partial charge in [0, 0.05) is 37.4 Å². The maximum absolute atomic E-state index is 5.98. The molecular weight excluding hydrogens is 262 g/mol. The van der Waals surface area contributed by atoms with Crippen LogP contribution in [0.5, 0.6) is 5.75 Å². The number of aryl methyl sites for hydroxylation is 1. The second-order valence-electron chi connectivity index (χ2n) is 4.78. The monoisotopic (exact) mass is 277 g/mol. The zero-order valence-corrected chi connectivity index (χ0v) is 11.5. The number of aromatic nitrogens is 2. The summed E-state index contributed by atoms with van der Waals surface area (Å²) in [6.07, 6.45) is 4.83. The van der Waals surface area contributed by atoms with Crippen LogP contribution in [-0.2, 0) is 20.0 Å². The number of hydrogen-bond acceptors (Lipinski definition) is 3. The second-order valence-corrected chi connectivity index (χ2v) is 5.22. The van der Waals surface area contributed by atoms with E-state index in [2.05, 4.69) is 10.3 Å². The number of benzene rings is 1. The van der Waals surface area contributed by atoms with Crippen LogP contribution in [0, 0.1) is 0 Å². The number of nitrogens with zero attached hydrogens (tertiary/aromatic N) is 2. The van der Waals surface area contributed by atoms with E-state index in [1.807, 2.05) is 36.0 Å². The van der Waals surface area contributed by atoms with Crippen LogP contribution in [0.3, 0.4) is 0 Å². The maximum Gasteiger partial charge on any atom is 0.123 e. The van der Waals surface area contributed by atoms with Gasteiger partial charge in [-0.15, -0.1) is 0 Å². The normalized spacial score (nSPS) is 17.3. The molecule has 0 radical (unpaired) electrons. The van der Waals surface area contributed by atoms with Gasteiger partial charge >= 0.3 is 0 Å². The van der Waals surface area contributed by atoms with Gasteiger partial charge in [-0.05, 0) is 23.8 Å². The van der Waals surface area contributed by atoms with Crippen LogP contribution in [0.15, 0.2) is 30.6 Å². The zero-order chi connectivity index (χ0) is 13.2. The number of halogens is 1. The molecule has 0 saturated carbocycles. The van der Waals surface area contributed by atoms with E-state index in [1.165, 1.54) is 5.56 Å². The van der Waals surface area contributed by atoms with Crippen molar-refractivity contribution in [2.45, 2.75) is 19.1 Å². The largest absolute Gasteiger partial charge is 0.488 e. The number of fused-ring (bicyclic) bond motifs is 1. The molecule has 1 N–H and O–H groups in total. The molecule has 0 bridgehead atoms. The van der Waals surface area contributed by atoms with Crippen LogP contribution in [0.4, 0.5) is 0 Å². The predicted octanol–water partition coefficient (Wildman–Crippen LogP) is 2.17. The van der Waals surface area contributed by atoms with Crippen LogP contribution in [0.25, 0.3) is 0 Å². The summed E-state index contributed by atoms with van der Waals surface area (Å²) in [5.41, 5.74) is 1.19. The SMILES string of the molecule is Cn1ccnc1CNCC1Cc2cc(Cl)ccc2O1. The van der Waals surface area contributed by atoms with E-state index in [0.29, 0.717) is 0 Å². The van der Waals surface area contributed by atoms with Gasteiger partial charge in [-0.25, -0.2) is 4.98 Å². The quantitative estimate of drug-likeness (QED) is 0.931. The third-order valence-corrected chi connectivity index (χ3v) is 3.57. The van der Waals surface area contributed by atoms with E-state index in [-0.39, 0.29) is 6.10 Å². The van der Waals surface area contributed by atoms with Gasteiger partial charge in [-0.1, -0.05) is 11.6 Å². The van der Waals surface area contributed by atoms with E-state index in [4.69, 9.17) is 16.3 Å². The first-order valence-electron chi connectivity index (χ1n) is 6.34.